The molecule has 2 atom stereocenters. The third-order valence-electron chi connectivity index (χ3n) is 7.51. The smallest absolute Gasteiger partial charge is 0.274 e. The van der Waals surface area contributed by atoms with Crippen molar-refractivity contribution in [3.63, 3.8) is 0 Å². The monoisotopic (exact) mass is 547 g/mol. The van der Waals surface area contributed by atoms with Crippen molar-refractivity contribution in [3.8, 4) is 5.75 Å². The number of carbonyl (C=O) groups is 3. The van der Waals surface area contributed by atoms with Gasteiger partial charge in [0.25, 0.3) is 11.5 Å². The molecule has 210 valence electrons. The molecule has 12 nitrogen and oxygen atoms in total. The Morgan fingerprint density at radius 1 is 1.10 bits per heavy atom. The normalized spacial score (nSPS) is 19.8. The number of hydrogen-bond acceptors (Lipinski definition) is 7. The lowest BCUT2D eigenvalue weighted by Gasteiger charge is -2.24. The molecular weight excluding hydrogens is 514 g/mol. The number of carbonyl (C=O) groups excluding carboxylic acids is 3. The number of rotatable bonds is 4. The fourth-order valence-electron chi connectivity index (χ4n) is 5.31. The number of aryl methyl sites for hydroxylation is 2. The first-order chi connectivity index (χ1) is 19.4. The molecule has 5 rings (SSSR count). The second kappa shape index (κ2) is 12.1. The van der Waals surface area contributed by atoms with Gasteiger partial charge in [-0.25, -0.2) is 4.98 Å². The predicted octanol–water partition coefficient (Wildman–Crippen LogP) is 0.719. The molecule has 0 saturated carbocycles. The molecular formula is C28H33N7O5. The first-order valence-electron chi connectivity index (χ1n) is 13.5. The van der Waals surface area contributed by atoms with Gasteiger partial charge in [0, 0.05) is 70.2 Å². The van der Waals surface area contributed by atoms with E-state index in [1.54, 1.807) is 20.7 Å². The summed E-state index contributed by atoms with van der Waals surface area (Å²) < 4.78 is 7.75. The summed E-state index contributed by atoms with van der Waals surface area (Å²) in [6.07, 6.45) is 5.55. The van der Waals surface area contributed by atoms with E-state index >= 15 is 0 Å². The number of likely N-dealkylation sites (tertiary alicyclic amines) is 1. The summed E-state index contributed by atoms with van der Waals surface area (Å²) in [6, 6.07) is 9.58. The zero-order chi connectivity index (χ0) is 28.1. The summed E-state index contributed by atoms with van der Waals surface area (Å²) >= 11 is 0. The highest BCUT2D eigenvalue weighted by molar-refractivity contribution is 5.92. The van der Waals surface area contributed by atoms with Gasteiger partial charge in [-0.05, 0) is 36.6 Å². The number of nitrogens with zero attached hydrogens (tertiary/aromatic N) is 5. The van der Waals surface area contributed by atoms with Crippen LogP contribution in [0.1, 0.15) is 40.5 Å². The molecule has 3 amide bonds. The van der Waals surface area contributed by atoms with Gasteiger partial charge < -0.3 is 24.8 Å². The highest BCUT2D eigenvalue weighted by Gasteiger charge is 2.40. The molecule has 1 aromatic carbocycles. The van der Waals surface area contributed by atoms with E-state index in [0.717, 1.165) is 17.5 Å². The average molecular weight is 548 g/mol. The second-order valence-corrected chi connectivity index (χ2v) is 10.1. The van der Waals surface area contributed by atoms with E-state index in [-0.39, 0.29) is 42.4 Å². The minimum absolute atomic E-state index is 0.00278. The highest BCUT2D eigenvalue weighted by Crippen LogP contribution is 2.35. The van der Waals surface area contributed by atoms with Gasteiger partial charge in [-0.1, -0.05) is 12.1 Å². The lowest BCUT2D eigenvalue weighted by atomic mass is 9.88. The van der Waals surface area contributed by atoms with E-state index in [1.165, 1.54) is 6.20 Å². The van der Waals surface area contributed by atoms with E-state index in [1.807, 2.05) is 37.4 Å². The van der Waals surface area contributed by atoms with Crippen LogP contribution >= 0.6 is 0 Å². The standard InChI is InChI=1S/C28H33N7O5/c1-33-20(8-9-32-33)6-7-26(37)35-17-22-19-4-2-5-21(14-19)40-13-3-11-34(12-10-29-27(38)23(22)18-35)28(39)24-15-31-25(36)16-30-24/h2,4-5,8-9,14-16,22-23H,3,6-7,10-13,17-18H2,1H3,(H,29,38)(H,31,36)/t22-,23+/m1/s1. The molecule has 4 heterocycles. The summed E-state index contributed by atoms with van der Waals surface area (Å²) in [5.41, 5.74) is 1.66. The number of fused-ring (bicyclic) bond motifs is 4. The second-order valence-electron chi connectivity index (χ2n) is 10.1. The number of amides is 3. The Kier molecular flexibility index (Phi) is 8.23. The highest BCUT2D eigenvalue weighted by atomic mass is 16.5. The van der Waals surface area contributed by atoms with Gasteiger partial charge in [-0.15, -0.1) is 0 Å². The van der Waals surface area contributed by atoms with Crippen LogP contribution in [0.2, 0.25) is 0 Å². The van der Waals surface area contributed by atoms with E-state index in [4.69, 9.17) is 4.74 Å². The average Bonchev–Trinajstić information content (AvgIpc) is 3.59. The topological polar surface area (TPSA) is 143 Å². The van der Waals surface area contributed by atoms with Crippen LogP contribution in [0.4, 0.5) is 0 Å². The van der Waals surface area contributed by atoms with Crippen molar-refractivity contribution in [1.82, 2.24) is 34.9 Å². The number of nitrogens with one attached hydrogen (secondary N) is 2. The fraction of sp³-hybridized carbons (Fsp3) is 0.429. The van der Waals surface area contributed by atoms with Gasteiger partial charge in [0.15, 0.2) is 0 Å². The molecule has 1 fully saturated rings. The van der Waals surface area contributed by atoms with Gasteiger partial charge in [-0.2, -0.15) is 5.10 Å². The fourth-order valence-corrected chi connectivity index (χ4v) is 5.31. The Labute approximate surface area is 231 Å². The Balaban J connectivity index is 1.32. The molecule has 0 unspecified atom stereocenters. The lowest BCUT2D eigenvalue weighted by Crippen LogP contribution is -2.42. The van der Waals surface area contributed by atoms with Crippen molar-refractivity contribution >= 4 is 17.7 Å². The van der Waals surface area contributed by atoms with Gasteiger partial charge in [-0.3, -0.25) is 23.9 Å². The molecule has 0 radical (unpaired) electrons. The first kappa shape index (κ1) is 27.1. The van der Waals surface area contributed by atoms with Crippen LogP contribution in [0, 0.1) is 5.92 Å². The Hall–Kier alpha value is -4.48. The molecule has 0 spiro atoms. The van der Waals surface area contributed by atoms with Crippen molar-refractivity contribution < 1.29 is 19.1 Å². The Bertz CT molecular complexity index is 1410. The molecule has 2 aliphatic rings. The molecule has 40 heavy (non-hydrogen) atoms. The number of aromatic amines is 1. The quantitative estimate of drug-likeness (QED) is 0.490. The van der Waals surface area contributed by atoms with Crippen LogP contribution in [0.3, 0.4) is 0 Å². The van der Waals surface area contributed by atoms with Gasteiger partial charge in [0.1, 0.15) is 11.4 Å². The van der Waals surface area contributed by atoms with Gasteiger partial charge in [0.2, 0.25) is 11.8 Å². The number of benzene rings is 1. The molecule has 0 aliphatic carbocycles. The van der Waals surface area contributed by atoms with Gasteiger partial charge >= 0.3 is 0 Å². The minimum atomic E-state index is -0.441. The number of aromatic nitrogens is 4. The summed E-state index contributed by atoms with van der Waals surface area (Å²) in [7, 11) is 1.85. The Morgan fingerprint density at radius 3 is 2.73 bits per heavy atom. The maximum absolute atomic E-state index is 13.5. The Morgan fingerprint density at radius 2 is 1.95 bits per heavy atom. The van der Waals surface area contributed by atoms with E-state index in [9.17, 15) is 19.2 Å². The van der Waals surface area contributed by atoms with E-state index in [2.05, 4.69) is 20.4 Å². The molecule has 2 bridgehead atoms. The van der Waals surface area contributed by atoms with Crippen LogP contribution < -0.4 is 15.6 Å². The minimum Gasteiger partial charge on any atom is -0.494 e. The summed E-state index contributed by atoms with van der Waals surface area (Å²) in [4.78, 5) is 60.9. The molecule has 2 N–H and O–H groups in total. The first-order valence-corrected chi connectivity index (χ1v) is 13.5. The van der Waals surface area contributed by atoms with Crippen molar-refractivity contribution in [3.05, 3.63) is 76.2 Å². The van der Waals surface area contributed by atoms with Crippen molar-refractivity contribution in [1.29, 1.82) is 0 Å². The van der Waals surface area contributed by atoms with Crippen LogP contribution in [-0.4, -0.2) is 86.6 Å². The van der Waals surface area contributed by atoms with E-state index < -0.39 is 11.5 Å². The van der Waals surface area contributed by atoms with Crippen molar-refractivity contribution in [2.24, 2.45) is 13.0 Å². The molecule has 2 aliphatic heterocycles. The SMILES string of the molecule is Cn1nccc1CCC(=O)N1C[C@@H]2C(=O)NCCN(C(=O)c3c[nH]c(=O)cn3)CCCOc3cccc(c3)[C@H]2C1. The molecule has 2 aromatic heterocycles. The van der Waals surface area contributed by atoms with Crippen LogP contribution in [0.25, 0.3) is 0 Å². The van der Waals surface area contributed by atoms with Crippen molar-refractivity contribution in [2.75, 3.05) is 39.3 Å². The third-order valence-corrected chi connectivity index (χ3v) is 7.51. The van der Waals surface area contributed by atoms with Crippen molar-refractivity contribution in [2.45, 2.75) is 25.2 Å². The number of hydrogen-bond donors (Lipinski definition) is 2. The zero-order valence-electron chi connectivity index (χ0n) is 22.4. The largest absolute Gasteiger partial charge is 0.494 e. The summed E-state index contributed by atoms with van der Waals surface area (Å²) in [5.74, 6) is -0.459. The zero-order valence-corrected chi connectivity index (χ0v) is 22.4. The third kappa shape index (κ3) is 6.22. The predicted molar refractivity (Wildman–Crippen MR) is 145 cm³/mol. The van der Waals surface area contributed by atoms with Crippen LogP contribution in [0.15, 0.2) is 53.7 Å². The summed E-state index contributed by atoms with van der Waals surface area (Å²) in [5, 5.41) is 7.15. The van der Waals surface area contributed by atoms with Gasteiger partial charge in [0.05, 0.1) is 18.7 Å². The number of H-pyrrole nitrogens is 1. The molecule has 3 aromatic rings. The molecule has 12 heteroatoms. The maximum atomic E-state index is 13.5. The lowest BCUT2D eigenvalue weighted by molar-refractivity contribution is -0.130. The van der Waals surface area contributed by atoms with Crippen LogP contribution in [-0.2, 0) is 23.1 Å². The maximum Gasteiger partial charge on any atom is 0.274 e. The summed E-state index contributed by atoms with van der Waals surface area (Å²) in [6.45, 7) is 2.05. The molecule has 1 saturated heterocycles. The number of ether oxygens (including phenoxy) is 1. The van der Waals surface area contributed by atoms with Crippen LogP contribution in [0.5, 0.6) is 5.75 Å². The van der Waals surface area contributed by atoms with E-state index in [0.29, 0.717) is 51.3 Å².